The van der Waals surface area contributed by atoms with E-state index in [1.807, 2.05) is 24.3 Å². The monoisotopic (exact) mass is 331 g/mol. The molecule has 1 aromatic carbocycles. The first-order chi connectivity index (χ1) is 10.0. The third-order valence-electron chi connectivity index (χ3n) is 3.80. The molecule has 0 aliphatic carbocycles. The first-order valence-electron chi connectivity index (χ1n) is 7.28. The standard InChI is InChI=1S/C15H22ClNO3S/c1-20-10-2-3-11-21(18,19)17-9-5-8-15(17)13-6-4-7-14(16)12-13/h4,6-7,12,15H,2-3,5,8-11H2,1H3. The molecular formula is C15H22ClNO3S. The maximum absolute atomic E-state index is 12.5. The van der Waals surface area contributed by atoms with Crippen LogP contribution in [-0.2, 0) is 14.8 Å². The lowest BCUT2D eigenvalue weighted by atomic mass is 10.1. The van der Waals surface area contributed by atoms with Crippen molar-refractivity contribution >= 4 is 21.6 Å². The van der Waals surface area contributed by atoms with Crippen molar-refractivity contribution in [1.29, 1.82) is 0 Å². The third kappa shape index (κ3) is 4.42. The molecule has 0 aromatic heterocycles. The minimum Gasteiger partial charge on any atom is -0.385 e. The zero-order valence-corrected chi connectivity index (χ0v) is 13.9. The van der Waals surface area contributed by atoms with Gasteiger partial charge in [-0.25, -0.2) is 8.42 Å². The molecule has 1 atom stereocenters. The van der Waals surface area contributed by atoms with Crippen LogP contribution >= 0.6 is 11.6 Å². The van der Waals surface area contributed by atoms with Crippen molar-refractivity contribution in [1.82, 2.24) is 4.31 Å². The number of halogens is 1. The average molecular weight is 332 g/mol. The van der Waals surface area contributed by atoms with Gasteiger partial charge in [0.25, 0.3) is 0 Å². The lowest BCUT2D eigenvalue weighted by Crippen LogP contribution is -2.32. The lowest BCUT2D eigenvalue weighted by molar-refractivity contribution is 0.194. The van der Waals surface area contributed by atoms with Crippen molar-refractivity contribution < 1.29 is 13.2 Å². The summed E-state index contributed by atoms with van der Waals surface area (Å²) in [7, 11) is -1.59. The van der Waals surface area contributed by atoms with Gasteiger partial charge >= 0.3 is 0 Å². The van der Waals surface area contributed by atoms with Crippen molar-refractivity contribution in [3.05, 3.63) is 34.9 Å². The fourth-order valence-electron chi connectivity index (χ4n) is 2.77. The molecular weight excluding hydrogens is 310 g/mol. The van der Waals surface area contributed by atoms with E-state index in [1.165, 1.54) is 0 Å². The van der Waals surface area contributed by atoms with Gasteiger partial charge in [0.05, 0.1) is 5.75 Å². The molecule has 1 aliphatic rings. The molecule has 1 aliphatic heterocycles. The smallest absolute Gasteiger partial charge is 0.214 e. The number of benzene rings is 1. The normalized spacial score (nSPS) is 20.0. The molecule has 1 aromatic rings. The average Bonchev–Trinajstić information content (AvgIpc) is 2.94. The maximum Gasteiger partial charge on any atom is 0.214 e. The summed E-state index contributed by atoms with van der Waals surface area (Å²) < 4.78 is 31.6. The SMILES string of the molecule is COCCCCS(=O)(=O)N1CCCC1c1cccc(Cl)c1. The van der Waals surface area contributed by atoms with E-state index in [4.69, 9.17) is 16.3 Å². The molecule has 1 heterocycles. The van der Waals surface area contributed by atoms with Crippen molar-refractivity contribution in [2.45, 2.75) is 31.7 Å². The van der Waals surface area contributed by atoms with Gasteiger partial charge in [0.15, 0.2) is 0 Å². The van der Waals surface area contributed by atoms with E-state index in [1.54, 1.807) is 11.4 Å². The fourth-order valence-corrected chi connectivity index (χ4v) is 4.79. The highest BCUT2D eigenvalue weighted by Crippen LogP contribution is 2.35. The van der Waals surface area contributed by atoms with E-state index in [2.05, 4.69) is 0 Å². The van der Waals surface area contributed by atoms with Gasteiger partial charge in [0.2, 0.25) is 10.0 Å². The van der Waals surface area contributed by atoms with E-state index < -0.39 is 10.0 Å². The second-order valence-corrected chi connectivity index (χ2v) is 7.82. The number of unbranched alkanes of at least 4 members (excludes halogenated alkanes) is 1. The van der Waals surface area contributed by atoms with Crippen LogP contribution in [0, 0.1) is 0 Å². The van der Waals surface area contributed by atoms with Crippen LogP contribution in [0.15, 0.2) is 24.3 Å². The lowest BCUT2D eigenvalue weighted by Gasteiger charge is -2.24. The largest absolute Gasteiger partial charge is 0.385 e. The molecule has 4 nitrogen and oxygen atoms in total. The Labute approximate surface area is 132 Å². The maximum atomic E-state index is 12.5. The number of rotatable bonds is 7. The van der Waals surface area contributed by atoms with Gasteiger partial charge in [-0.1, -0.05) is 23.7 Å². The molecule has 0 radical (unpaired) electrons. The van der Waals surface area contributed by atoms with Gasteiger partial charge < -0.3 is 4.74 Å². The highest BCUT2D eigenvalue weighted by molar-refractivity contribution is 7.89. The number of methoxy groups -OCH3 is 1. The third-order valence-corrected chi connectivity index (χ3v) is 5.99. The first-order valence-corrected chi connectivity index (χ1v) is 9.27. The van der Waals surface area contributed by atoms with E-state index in [-0.39, 0.29) is 11.8 Å². The molecule has 118 valence electrons. The second kappa shape index (κ2) is 7.58. The van der Waals surface area contributed by atoms with E-state index in [0.29, 0.717) is 24.6 Å². The van der Waals surface area contributed by atoms with E-state index in [0.717, 1.165) is 24.8 Å². The topological polar surface area (TPSA) is 46.6 Å². The van der Waals surface area contributed by atoms with Gasteiger partial charge in [-0.15, -0.1) is 0 Å². The van der Waals surface area contributed by atoms with Gasteiger partial charge in [-0.2, -0.15) is 4.31 Å². The minimum absolute atomic E-state index is 0.0730. The molecule has 6 heteroatoms. The van der Waals surface area contributed by atoms with Crippen LogP contribution in [0.1, 0.15) is 37.3 Å². The summed E-state index contributed by atoms with van der Waals surface area (Å²) in [6.07, 6.45) is 3.16. The Morgan fingerprint density at radius 3 is 2.90 bits per heavy atom. The Balaban J connectivity index is 2.07. The number of hydrogen-bond acceptors (Lipinski definition) is 3. The summed E-state index contributed by atoms with van der Waals surface area (Å²) in [5.41, 5.74) is 0.987. The van der Waals surface area contributed by atoms with Crippen LogP contribution < -0.4 is 0 Å². The number of hydrogen-bond donors (Lipinski definition) is 0. The van der Waals surface area contributed by atoms with Gasteiger partial charge in [-0.3, -0.25) is 0 Å². The van der Waals surface area contributed by atoms with Crippen LogP contribution in [-0.4, -0.2) is 38.7 Å². The molecule has 0 spiro atoms. The highest BCUT2D eigenvalue weighted by atomic mass is 35.5. The van der Waals surface area contributed by atoms with E-state index >= 15 is 0 Å². The molecule has 21 heavy (non-hydrogen) atoms. The minimum atomic E-state index is -3.22. The molecule has 0 N–H and O–H groups in total. The summed E-state index contributed by atoms with van der Waals surface area (Å²) in [4.78, 5) is 0. The quantitative estimate of drug-likeness (QED) is 0.721. The second-order valence-electron chi connectivity index (χ2n) is 5.34. The molecule has 1 saturated heterocycles. The number of sulfonamides is 1. The van der Waals surface area contributed by atoms with Gasteiger partial charge in [0.1, 0.15) is 0 Å². The number of nitrogens with zero attached hydrogens (tertiary/aromatic N) is 1. The zero-order valence-electron chi connectivity index (χ0n) is 12.3. The molecule has 0 bridgehead atoms. The molecule has 2 rings (SSSR count). The van der Waals surface area contributed by atoms with Crippen LogP contribution in [0.3, 0.4) is 0 Å². The van der Waals surface area contributed by atoms with Crippen LogP contribution in [0.2, 0.25) is 5.02 Å². The Morgan fingerprint density at radius 2 is 2.19 bits per heavy atom. The highest BCUT2D eigenvalue weighted by Gasteiger charge is 2.34. The van der Waals surface area contributed by atoms with Crippen LogP contribution in [0.5, 0.6) is 0 Å². The number of ether oxygens (including phenoxy) is 1. The summed E-state index contributed by atoms with van der Waals surface area (Å²) in [5.74, 6) is 0.188. The fraction of sp³-hybridized carbons (Fsp3) is 0.600. The van der Waals surface area contributed by atoms with Crippen molar-refractivity contribution in [2.75, 3.05) is 26.0 Å². The predicted octanol–water partition coefficient (Wildman–Crippen LogP) is 3.23. The molecule has 0 saturated carbocycles. The molecule has 1 fully saturated rings. The van der Waals surface area contributed by atoms with Crippen molar-refractivity contribution in [3.8, 4) is 0 Å². The van der Waals surface area contributed by atoms with Crippen molar-refractivity contribution in [3.63, 3.8) is 0 Å². The van der Waals surface area contributed by atoms with Gasteiger partial charge in [0, 0.05) is 31.3 Å². The predicted molar refractivity (Wildman–Crippen MR) is 85.0 cm³/mol. The van der Waals surface area contributed by atoms with Crippen LogP contribution in [0.25, 0.3) is 0 Å². The van der Waals surface area contributed by atoms with Gasteiger partial charge in [-0.05, 0) is 43.4 Å². The van der Waals surface area contributed by atoms with E-state index in [9.17, 15) is 8.42 Å². The summed E-state index contributed by atoms with van der Waals surface area (Å²) in [6.45, 7) is 1.21. The van der Waals surface area contributed by atoms with Crippen molar-refractivity contribution in [2.24, 2.45) is 0 Å². The molecule has 1 unspecified atom stereocenters. The Morgan fingerprint density at radius 1 is 1.38 bits per heavy atom. The Bertz CT molecular complexity index is 562. The molecule has 0 amide bonds. The zero-order chi connectivity index (χ0) is 15.3. The Hall–Kier alpha value is -0.620. The van der Waals surface area contributed by atoms with Crippen LogP contribution in [0.4, 0.5) is 0 Å². The Kier molecular flexibility index (Phi) is 6.05. The summed E-state index contributed by atoms with van der Waals surface area (Å²) in [5, 5.41) is 0.650. The summed E-state index contributed by atoms with van der Waals surface area (Å²) >= 11 is 6.02. The first kappa shape index (κ1) is 16.7. The summed E-state index contributed by atoms with van der Waals surface area (Å²) in [6, 6.07) is 7.43.